The molecule has 4 rings (SSSR count). The monoisotopic (exact) mass is 588 g/mol. The zero-order valence-corrected chi connectivity index (χ0v) is 22.7. The number of methoxy groups -OCH3 is 1. The third-order valence-corrected chi connectivity index (χ3v) is 7.45. The van der Waals surface area contributed by atoms with E-state index in [4.69, 9.17) is 21.1 Å². The molecule has 0 aliphatic rings. The van der Waals surface area contributed by atoms with Crippen LogP contribution in [0.5, 0.6) is 11.5 Å². The third kappa shape index (κ3) is 6.42. The van der Waals surface area contributed by atoms with Crippen molar-refractivity contribution >= 4 is 44.2 Å². The van der Waals surface area contributed by atoms with Crippen LogP contribution in [0.25, 0.3) is 10.9 Å². The molecule has 0 bridgehead atoms. The van der Waals surface area contributed by atoms with Gasteiger partial charge in [0.25, 0.3) is 0 Å². The maximum atomic E-state index is 14.0. The number of aryl methyl sites for hydroxylation is 1. The first-order valence-electron chi connectivity index (χ1n) is 11.8. The van der Waals surface area contributed by atoms with E-state index in [1.807, 2.05) is 6.92 Å². The van der Waals surface area contributed by atoms with Gasteiger partial charge in [0.15, 0.2) is 5.78 Å². The SMILES string of the molecule is CCCOc1cc(NC(C(=O)c2c[nH]c3ccc(S(F)(F)(F)(F)F)cc23)c2ccc(Cl)cc2C)cc(OC)c1. The molecular weight excluding hydrogens is 563 g/mol. The Bertz CT molecular complexity index is 1560. The number of halogens is 6. The molecule has 0 saturated carbocycles. The van der Waals surface area contributed by atoms with E-state index in [0.29, 0.717) is 52.1 Å². The zero-order chi connectivity index (χ0) is 28.7. The fraction of sp³-hybridized carbons (Fsp3) is 0.222. The number of fused-ring (bicyclic) bond motifs is 1. The van der Waals surface area contributed by atoms with Gasteiger partial charge in [0.1, 0.15) is 22.4 Å². The summed E-state index contributed by atoms with van der Waals surface area (Å²) in [6.07, 6.45) is 1.97. The van der Waals surface area contributed by atoms with Crippen LogP contribution in [0.3, 0.4) is 0 Å². The number of Topliss-reactive ketones (excluding diaryl/α,β-unsaturated/α-hetero) is 1. The van der Waals surface area contributed by atoms with Crippen LogP contribution >= 0.6 is 21.8 Å². The molecule has 0 amide bonds. The average Bonchev–Trinajstić information content (AvgIpc) is 3.28. The molecule has 210 valence electrons. The molecule has 0 aliphatic heterocycles. The summed E-state index contributed by atoms with van der Waals surface area (Å²) in [5.74, 6) is 0.271. The summed E-state index contributed by atoms with van der Waals surface area (Å²) in [5.41, 5.74) is 1.46. The molecule has 1 unspecified atom stereocenters. The number of H-pyrrole nitrogens is 1. The average molecular weight is 589 g/mol. The molecule has 39 heavy (non-hydrogen) atoms. The van der Waals surface area contributed by atoms with E-state index >= 15 is 0 Å². The third-order valence-electron chi connectivity index (χ3n) is 6.07. The summed E-state index contributed by atoms with van der Waals surface area (Å²) in [4.78, 5) is 14.6. The van der Waals surface area contributed by atoms with E-state index in [1.165, 1.54) is 13.3 Å². The minimum atomic E-state index is -9.98. The smallest absolute Gasteiger partial charge is 0.310 e. The fourth-order valence-electron chi connectivity index (χ4n) is 4.19. The van der Waals surface area contributed by atoms with Gasteiger partial charge >= 0.3 is 10.2 Å². The first-order valence-corrected chi connectivity index (χ1v) is 14.2. The number of ether oxygens (including phenoxy) is 2. The minimum absolute atomic E-state index is 0.104. The standard InChI is InChI=1S/C27H26ClF5N2O3S/c1-4-9-38-20-12-18(11-19(13-20)37-3)35-26(22-7-5-17(28)10-16(22)2)27(36)24-15-34-25-8-6-21(14-23(24)25)39(29,30,31,32)33/h5-8,10-15,26,34-35H,4,9H2,1-3H3. The Morgan fingerprint density at radius 3 is 2.38 bits per heavy atom. The predicted molar refractivity (Wildman–Crippen MR) is 145 cm³/mol. The van der Waals surface area contributed by atoms with Crippen molar-refractivity contribution in [1.82, 2.24) is 4.98 Å². The Kier molecular flexibility index (Phi) is 7.06. The summed E-state index contributed by atoms with van der Waals surface area (Å²) in [6.45, 7) is 4.11. The number of carbonyl (C=O) groups excluding carboxylic acids is 1. The minimum Gasteiger partial charge on any atom is -0.497 e. The number of hydrogen-bond acceptors (Lipinski definition) is 4. The van der Waals surface area contributed by atoms with Crippen LogP contribution < -0.4 is 14.8 Å². The van der Waals surface area contributed by atoms with E-state index in [1.54, 1.807) is 43.3 Å². The van der Waals surface area contributed by atoms with Crippen molar-refractivity contribution in [3.8, 4) is 11.5 Å². The summed E-state index contributed by atoms with van der Waals surface area (Å²) < 4.78 is 78.9. The van der Waals surface area contributed by atoms with Gasteiger partial charge in [-0.25, -0.2) is 0 Å². The number of aromatic amines is 1. The van der Waals surface area contributed by atoms with Gasteiger partial charge in [-0.2, -0.15) is 0 Å². The van der Waals surface area contributed by atoms with Crippen LogP contribution in [-0.4, -0.2) is 24.5 Å². The van der Waals surface area contributed by atoms with Gasteiger partial charge in [0, 0.05) is 51.6 Å². The highest BCUT2D eigenvalue weighted by atomic mass is 35.5. The van der Waals surface area contributed by atoms with E-state index in [-0.39, 0.29) is 16.5 Å². The number of carbonyl (C=O) groups is 1. The summed E-state index contributed by atoms with van der Waals surface area (Å²) in [5, 5.41) is 3.28. The van der Waals surface area contributed by atoms with Crippen molar-refractivity contribution in [3.63, 3.8) is 0 Å². The molecule has 0 radical (unpaired) electrons. The second-order valence-electron chi connectivity index (χ2n) is 9.07. The molecule has 0 spiro atoms. The van der Waals surface area contributed by atoms with Gasteiger partial charge in [0.05, 0.1) is 13.7 Å². The molecule has 1 atom stereocenters. The maximum absolute atomic E-state index is 14.0. The number of nitrogens with one attached hydrogen (secondary N) is 2. The maximum Gasteiger partial charge on any atom is 0.310 e. The molecule has 1 heterocycles. The number of anilines is 1. The number of benzene rings is 3. The Labute approximate surface area is 227 Å². The Hall–Kier alpha value is -3.44. The van der Waals surface area contributed by atoms with Crippen molar-refractivity contribution in [1.29, 1.82) is 0 Å². The molecule has 0 saturated heterocycles. The predicted octanol–water partition coefficient (Wildman–Crippen LogP) is 9.62. The molecule has 1 aromatic heterocycles. The van der Waals surface area contributed by atoms with E-state index in [0.717, 1.165) is 12.5 Å². The number of aromatic nitrogens is 1. The zero-order valence-electron chi connectivity index (χ0n) is 21.2. The normalized spacial score (nSPS) is 14.4. The molecule has 2 N–H and O–H groups in total. The van der Waals surface area contributed by atoms with E-state index < -0.39 is 26.9 Å². The number of rotatable bonds is 10. The highest BCUT2D eigenvalue weighted by Crippen LogP contribution is 3.02. The molecule has 0 aliphatic carbocycles. The van der Waals surface area contributed by atoms with Gasteiger partial charge < -0.3 is 19.8 Å². The topological polar surface area (TPSA) is 63.3 Å². The molecular formula is C27H26ClF5N2O3S. The first kappa shape index (κ1) is 28.6. The molecule has 5 nitrogen and oxygen atoms in total. The van der Waals surface area contributed by atoms with Crippen LogP contribution in [-0.2, 0) is 0 Å². The lowest BCUT2D eigenvalue weighted by molar-refractivity contribution is 0.0970. The van der Waals surface area contributed by atoms with Crippen LogP contribution in [0.1, 0.15) is 40.9 Å². The summed E-state index contributed by atoms with van der Waals surface area (Å²) in [7, 11) is -8.51. The molecule has 4 aromatic rings. The Morgan fingerprint density at radius 1 is 1.03 bits per heavy atom. The van der Waals surface area contributed by atoms with Crippen molar-refractivity contribution in [2.24, 2.45) is 0 Å². The quantitative estimate of drug-likeness (QED) is 0.143. The lowest BCUT2D eigenvalue weighted by atomic mass is 9.93. The second kappa shape index (κ2) is 9.63. The van der Waals surface area contributed by atoms with E-state index in [9.17, 15) is 24.2 Å². The molecule has 12 heteroatoms. The van der Waals surface area contributed by atoms with Gasteiger partial charge in [-0.05, 0) is 54.8 Å². The second-order valence-corrected chi connectivity index (χ2v) is 11.9. The summed E-state index contributed by atoms with van der Waals surface area (Å²) >= 11 is 6.12. The van der Waals surface area contributed by atoms with Crippen molar-refractivity contribution in [2.45, 2.75) is 31.2 Å². The first-order chi connectivity index (χ1) is 18.1. The molecule has 0 fully saturated rings. The van der Waals surface area contributed by atoms with Crippen LogP contribution in [0, 0.1) is 6.92 Å². The molecule has 3 aromatic carbocycles. The van der Waals surface area contributed by atoms with Crippen molar-refractivity contribution in [2.75, 3.05) is 19.0 Å². The van der Waals surface area contributed by atoms with Gasteiger partial charge in [0.2, 0.25) is 0 Å². The summed E-state index contributed by atoms with van der Waals surface area (Å²) in [6, 6.07) is 10.2. The largest absolute Gasteiger partial charge is 0.497 e. The van der Waals surface area contributed by atoms with Crippen LogP contribution in [0.4, 0.5) is 25.1 Å². The van der Waals surface area contributed by atoms with E-state index in [2.05, 4.69) is 10.3 Å². The van der Waals surface area contributed by atoms with Crippen molar-refractivity contribution < 1.29 is 33.7 Å². The Morgan fingerprint density at radius 2 is 1.74 bits per heavy atom. The van der Waals surface area contributed by atoms with Crippen molar-refractivity contribution in [3.05, 3.63) is 82.5 Å². The highest BCUT2D eigenvalue weighted by molar-refractivity contribution is 8.45. The Balaban J connectivity index is 1.84. The fourth-order valence-corrected chi connectivity index (χ4v) is 5.08. The highest BCUT2D eigenvalue weighted by Gasteiger charge is 2.65. The van der Waals surface area contributed by atoms with Crippen LogP contribution in [0.2, 0.25) is 5.02 Å². The van der Waals surface area contributed by atoms with Crippen LogP contribution in [0.15, 0.2) is 65.7 Å². The number of hydrogen-bond donors (Lipinski definition) is 2. The van der Waals surface area contributed by atoms with Gasteiger partial charge in [-0.3, -0.25) is 4.79 Å². The lowest BCUT2D eigenvalue weighted by Gasteiger charge is -2.40. The number of ketones is 1. The van der Waals surface area contributed by atoms with Gasteiger partial charge in [-0.1, -0.05) is 44.0 Å². The van der Waals surface area contributed by atoms with Gasteiger partial charge in [-0.15, -0.1) is 0 Å². The lowest BCUT2D eigenvalue weighted by Crippen LogP contribution is -2.22.